The molecule has 1 fully saturated rings. The molecule has 2 aromatic rings. The highest BCUT2D eigenvalue weighted by Gasteiger charge is 2.34. The minimum Gasteiger partial charge on any atom is -0.378 e. The maximum absolute atomic E-state index is 13.4. The highest BCUT2D eigenvalue weighted by Crippen LogP contribution is 2.32. The monoisotopic (exact) mass is 396 g/mol. The zero-order valence-electron chi connectivity index (χ0n) is 15.2. The molecule has 150 valence electrons. The van der Waals surface area contributed by atoms with Crippen LogP contribution in [0.4, 0.5) is 29.5 Å². The van der Waals surface area contributed by atoms with Gasteiger partial charge in [-0.15, -0.1) is 0 Å². The lowest BCUT2D eigenvalue weighted by atomic mass is 10.0. The van der Waals surface area contributed by atoms with Gasteiger partial charge < -0.3 is 24.4 Å². The molecule has 0 saturated carbocycles. The molecule has 2 aliphatic rings. The van der Waals surface area contributed by atoms with Gasteiger partial charge in [0, 0.05) is 43.4 Å². The minimum atomic E-state index is -1.58. The lowest BCUT2D eigenvalue weighted by molar-refractivity contribution is 0.120. The average molecular weight is 396 g/mol. The molecule has 28 heavy (non-hydrogen) atoms. The van der Waals surface area contributed by atoms with Gasteiger partial charge in [-0.3, -0.25) is 0 Å². The van der Waals surface area contributed by atoms with Gasteiger partial charge in [0.15, 0.2) is 17.5 Å². The fraction of sp³-hybridized carbons (Fsp3) is 0.444. The van der Waals surface area contributed by atoms with E-state index in [4.69, 9.17) is 9.26 Å². The van der Waals surface area contributed by atoms with E-state index in [2.05, 4.69) is 10.5 Å². The summed E-state index contributed by atoms with van der Waals surface area (Å²) in [6, 6.07) is 0.743. The van der Waals surface area contributed by atoms with E-state index in [9.17, 15) is 18.0 Å². The molecule has 3 heterocycles. The van der Waals surface area contributed by atoms with Crippen LogP contribution >= 0.6 is 0 Å². The van der Waals surface area contributed by atoms with E-state index < -0.39 is 23.5 Å². The SMILES string of the molecule is C[C@H]1Cc2noc(N3CCOCC3)c2CN1C(=O)Nc1cc(F)c(F)c(F)c1. The molecular weight excluding hydrogens is 377 g/mol. The summed E-state index contributed by atoms with van der Waals surface area (Å²) in [4.78, 5) is 16.2. The first-order chi connectivity index (χ1) is 13.4. The van der Waals surface area contributed by atoms with Crippen molar-refractivity contribution in [3.8, 4) is 0 Å². The number of hydrogen-bond donors (Lipinski definition) is 1. The maximum atomic E-state index is 13.4. The number of hydrogen-bond acceptors (Lipinski definition) is 5. The number of nitrogens with one attached hydrogen (secondary N) is 1. The molecule has 0 aliphatic carbocycles. The van der Waals surface area contributed by atoms with E-state index >= 15 is 0 Å². The van der Waals surface area contributed by atoms with Gasteiger partial charge in [0.25, 0.3) is 0 Å². The van der Waals surface area contributed by atoms with Crippen LogP contribution in [0.1, 0.15) is 18.2 Å². The summed E-state index contributed by atoms with van der Waals surface area (Å²) in [7, 11) is 0. The number of carbonyl (C=O) groups excluding carboxylic acids is 1. The summed E-state index contributed by atoms with van der Waals surface area (Å²) < 4.78 is 50.8. The second-order valence-corrected chi connectivity index (χ2v) is 6.88. The number of anilines is 2. The van der Waals surface area contributed by atoms with Crippen molar-refractivity contribution in [2.75, 3.05) is 36.5 Å². The van der Waals surface area contributed by atoms with Crippen LogP contribution in [0.2, 0.25) is 0 Å². The summed E-state index contributed by atoms with van der Waals surface area (Å²) in [6.45, 7) is 4.58. The molecule has 7 nitrogen and oxygen atoms in total. The quantitative estimate of drug-likeness (QED) is 0.791. The van der Waals surface area contributed by atoms with Crippen LogP contribution in [0.15, 0.2) is 16.7 Å². The summed E-state index contributed by atoms with van der Waals surface area (Å²) in [5, 5.41) is 6.56. The Hall–Kier alpha value is -2.75. The molecule has 1 aromatic heterocycles. The van der Waals surface area contributed by atoms with E-state index in [1.165, 1.54) is 4.90 Å². The van der Waals surface area contributed by atoms with Gasteiger partial charge in [0.1, 0.15) is 0 Å². The van der Waals surface area contributed by atoms with E-state index in [1.807, 2.05) is 11.8 Å². The Balaban J connectivity index is 1.53. The highest BCUT2D eigenvalue weighted by molar-refractivity contribution is 5.89. The molecule has 1 aromatic carbocycles. The number of fused-ring (bicyclic) bond motifs is 1. The van der Waals surface area contributed by atoms with E-state index in [1.54, 1.807) is 0 Å². The van der Waals surface area contributed by atoms with Gasteiger partial charge in [-0.05, 0) is 6.92 Å². The van der Waals surface area contributed by atoms with Crippen LogP contribution in [0.5, 0.6) is 0 Å². The molecule has 0 radical (unpaired) electrons. The van der Waals surface area contributed by atoms with Crippen molar-refractivity contribution in [1.29, 1.82) is 0 Å². The predicted octanol–water partition coefficient (Wildman–Crippen LogP) is 2.91. The van der Waals surface area contributed by atoms with Crippen molar-refractivity contribution >= 4 is 17.6 Å². The second kappa shape index (κ2) is 7.34. The van der Waals surface area contributed by atoms with E-state index in [-0.39, 0.29) is 18.3 Å². The standard InChI is InChI=1S/C18H19F3N4O3/c1-10-6-15-12(17(28-23-15)24-2-4-27-5-3-24)9-25(10)18(26)22-11-7-13(19)16(21)14(20)8-11/h7-8,10H,2-6,9H2,1H3,(H,22,26)/t10-/m0/s1. The first-order valence-corrected chi connectivity index (χ1v) is 8.96. The lowest BCUT2D eigenvalue weighted by Gasteiger charge is -2.34. The van der Waals surface area contributed by atoms with Gasteiger partial charge in [-0.2, -0.15) is 0 Å². The largest absolute Gasteiger partial charge is 0.378 e. The van der Waals surface area contributed by atoms with Crippen LogP contribution < -0.4 is 10.2 Å². The third-order valence-corrected chi connectivity index (χ3v) is 4.99. The number of nitrogens with zero attached hydrogens (tertiary/aromatic N) is 3. The molecule has 0 spiro atoms. The molecule has 4 rings (SSSR count). The number of morpholine rings is 1. The smallest absolute Gasteiger partial charge is 0.322 e. The number of aromatic nitrogens is 1. The maximum Gasteiger partial charge on any atom is 0.322 e. The van der Waals surface area contributed by atoms with Crippen molar-refractivity contribution < 1.29 is 27.2 Å². The fourth-order valence-corrected chi connectivity index (χ4v) is 3.48. The molecule has 2 aliphatic heterocycles. The van der Waals surface area contributed by atoms with E-state index in [0.717, 1.165) is 23.4 Å². The Morgan fingerprint density at radius 2 is 1.89 bits per heavy atom. The van der Waals surface area contributed by atoms with Crippen LogP contribution in [-0.2, 0) is 17.7 Å². The molecule has 0 unspecified atom stereocenters. The summed E-state index contributed by atoms with van der Waals surface area (Å²) in [5.41, 5.74) is 1.45. The molecule has 10 heteroatoms. The van der Waals surface area contributed by atoms with Gasteiger partial charge in [-0.25, -0.2) is 18.0 Å². The predicted molar refractivity (Wildman–Crippen MR) is 93.6 cm³/mol. The number of ether oxygens (including phenoxy) is 1. The van der Waals surface area contributed by atoms with Gasteiger partial charge in [0.2, 0.25) is 5.88 Å². The van der Waals surface area contributed by atoms with Gasteiger partial charge in [0.05, 0.1) is 31.0 Å². The molecule has 0 bridgehead atoms. The van der Waals surface area contributed by atoms with E-state index in [0.29, 0.717) is 38.6 Å². The molecular formula is C18H19F3N4O3. The highest BCUT2D eigenvalue weighted by atomic mass is 19.2. The average Bonchev–Trinajstić information content (AvgIpc) is 3.08. The van der Waals surface area contributed by atoms with Crippen molar-refractivity contribution in [2.45, 2.75) is 25.9 Å². The molecule has 1 atom stereocenters. The first kappa shape index (κ1) is 18.6. The topological polar surface area (TPSA) is 70.8 Å². The molecule has 2 amide bonds. The number of carbonyl (C=O) groups is 1. The third kappa shape index (κ3) is 3.39. The lowest BCUT2D eigenvalue weighted by Crippen LogP contribution is -2.45. The number of amides is 2. The molecule has 1 saturated heterocycles. The van der Waals surface area contributed by atoms with Gasteiger partial charge >= 0.3 is 6.03 Å². The first-order valence-electron chi connectivity index (χ1n) is 8.96. The molecule has 1 N–H and O–H groups in total. The van der Waals surface area contributed by atoms with Crippen molar-refractivity contribution in [3.63, 3.8) is 0 Å². The van der Waals surface area contributed by atoms with Crippen molar-refractivity contribution in [1.82, 2.24) is 10.1 Å². The summed E-state index contributed by atoms with van der Waals surface area (Å²) in [5.74, 6) is -3.69. The Labute approximate surface area is 159 Å². The number of urea groups is 1. The minimum absolute atomic E-state index is 0.155. The van der Waals surface area contributed by atoms with Gasteiger partial charge in [-0.1, -0.05) is 5.16 Å². The number of halogens is 3. The normalized spacial score (nSPS) is 19.5. The summed E-state index contributed by atoms with van der Waals surface area (Å²) in [6.07, 6.45) is 0.489. The van der Waals surface area contributed by atoms with Crippen molar-refractivity contribution in [2.24, 2.45) is 0 Å². The Kier molecular flexibility index (Phi) is 4.88. The Morgan fingerprint density at radius 1 is 1.21 bits per heavy atom. The second-order valence-electron chi connectivity index (χ2n) is 6.88. The zero-order valence-corrected chi connectivity index (χ0v) is 15.2. The van der Waals surface area contributed by atoms with Crippen molar-refractivity contribution in [3.05, 3.63) is 40.8 Å². The Bertz CT molecular complexity index is 875. The van der Waals surface area contributed by atoms with Crippen LogP contribution in [0.3, 0.4) is 0 Å². The summed E-state index contributed by atoms with van der Waals surface area (Å²) >= 11 is 0. The van der Waals surface area contributed by atoms with Crippen LogP contribution in [0, 0.1) is 17.5 Å². The van der Waals surface area contributed by atoms with Crippen LogP contribution in [-0.4, -0.2) is 48.4 Å². The number of rotatable bonds is 2. The fourth-order valence-electron chi connectivity index (χ4n) is 3.48. The third-order valence-electron chi connectivity index (χ3n) is 4.99. The zero-order chi connectivity index (χ0) is 19.8. The number of benzene rings is 1. The van der Waals surface area contributed by atoms with Crippen LogP contribution in [0.25, 0.3) is 0 Å². The Morgan fingerprint density at radius 3 is 2.57 bits per heavy atom.